The predicted molar refractivity (Wildman–Crippen MR) is 122 cm³/mol. The Morgan fingerprint density at radius 1 is 1.07 bits per heavy atom. The Kier molecular flexibility index (Phi) is 9.07. The molecule has 1 saturated carbocycles. The van der Waals surface area contributed by atoms with Crippen LogP contribution in [0.25, 0.3) is 0 Å². The van der Waals surface area contributed by atoms with E-state index in [2.05, 4.69) is 41.5 Å². The maximum atomic E-state index is 5.60. The third-order valence-electron chi connectivity index (χ3n) is 7.42. The van der Waals surface area contributed by atoms with E-state index in [-0.39, 0.29) is 5.54 Å². The van der Waals surface area contributed by atoms with Gasteiger partial charge in [-0.15, -0.1) is 0 Å². The minimum Gasteiger partial charge on any atom is -0.381 e. The molecule has 2 saturated heterocycles. The van der Waals surface area contributed by atoms with Crippen molar-refractivity contribution in [3.8, 4) is 0 Å². The summed E-state index contributed by atoms with van der Waals surface area (Å²) < 4.78 is 5.60. The van der Waals surface area contributed by atoms with Gasteiger partial charge in [0.1, 0.15) is 0 Å². The summed E-state index contributed by atoms with van der Waals surface area (Å²) in [6, 6.07) is 0.542. The largest absolute Gasteiger partial charge is 0.381 e. The predicted octanol–water partition coefficient (Wildman–Crippen LogP) is 2.70. The van der Waals surface area contributed by atoms with E-state index in [9.17, 15) is 0 Å². The number of guanidine groups is 1. The number of ether oxygens (including phenoxy) is 1. The van der Waals surface area contributed by atoms with E-state index in [1.165, 1.54) is 64.6 Å². The molecule has 6 nitrogen and oxygen atoms in total. The molecular weight excluding hydrogens is 362 g/mol. The number of hydrogen-bond acceptors (Lipinski definition) is 4. The monoisotopic (exact) mass is 407 g/mol. The molecular formula is C23H45N5O. The van der Waals surface area contributed by atoms with Crippen molar-refractivity contribution >= 4 is 5.96 Å². The van der Waals surface area contributed by atoms with Crippen LogP contribution < -0.4 is 10.6 Å². The quantitative estimate of drug-likeness (QED) is 0.502. The molecule has 0 aromatic carbocycles. The zero-order valence-corrected chi connectivity index (χ0v) is 19.2. The molecule has 1 aliphatic carbocycles. The zero-order valence-electron chi connectivity index (χ0n) is 19.2. The number of piperidine rings is 1. The minimum atomic E-state index is 0.129. The first kappa shape index (κ1) is 22.8. The highest BCUT2D eigenvalue weighted by atomic mass is 16.5. The maximum absolute atomic E-state index is 5.60. The molecule has 3 rings (SSSR count). The molecule has 0 bridgehead atoms. The van der Waals surface area contributed by atoms with Gasteiger partial charge in [-0.25, -0.2) is 0 Å². The number of likely N-dealkylation sites (tertiary alicyclic amines) is 1. The van der Waals surface area contributed by atoms with Crippen LogP contribution in [-0.2, 0) is 4.74 Å². The van der Waals surface area contributed by atoms with Gasteiger partial charge >= 0.3 is 0 Å². The fourth-order valence-electron chi connectivity index (χ4n) is 5.23. The Labute approximate surface area is 178 Å². The van der Waals surface area contributed by atoms with Gasteiger partial charge in [-0.3, -0.25) is 4.99 Å². The molecule has 29 heavy (non-hydrogen) atoms. The number of nitrogens with zero attached hydrogens (tertiary/aromatic N) is 3. The van der Waals surface area contributed by atoms with Gasteiger partial charge in [-0.05, 0) is 65.5 Å². The van der Waals surface area contributed by atoms with Crippen LogP contribution >= 0.6 is 0 Å². The number of aliphatic imine (C=N–C) groups is 1. The molecule has 3 fully saturated rings. The molecule has 2 heterocycles. The Bertz CT molecular complexity index is 489. The zero-order chi connectivity index (χ0) is 20.5. The van der Waals surface area contributed by atoms with Crippen molar-refractivity contribution in [2.45, 2.75) is 76.3 Å². The van der Waals surface area contributed by atoms with Gasteiger partial charge in [0, 0.05) is 51.0 Å². The second-order valence-corrected chi connectivity index (χ2v) is 9.65. The van der Waals surface area contributed by atoms with Gasteiger partial charge in [-0.2, -0.15) is 0 Å². The van der Waals surface area contributed by atoms with Crippen molar-refractivity contribution < 1.29 is 4.74 Å². The first-order chi connectivity index (χ1) is 14.1. The Morgan fingerprint density at radius 3 is 2.38 bits per heavy atom. The molecule has 6 heteroatoms. The number of hydrogen-bond donors (Lipinski definition) is 2. The van der Waals surface area contributed by atoms with Crippen LogP contribution in [-0.4, -0.2) is 87.4 Å². The molecule has 0 aromatic rings. The number of likely N-dealkylation sites (N-methyl/N-ethyl adjacent to an activating group) is 1. The fourth-order valence-corrected chi connectivity index (χ4v) is 5.23. The lowest BCUT2D eigenvalue weighted by Crippen LogP contribution is -2.53. The topological polar surface area (TPSA) is 52.1 Å². The second kappa shape index (κ2) is 11.5. The van der Waals surface area contributed by atoms with Gasteiger partial charge in [0.25, 0.3) is 0 Å². The summed E-state index contributed by atoms with van der Waals surface area (Å²) in [4.78, 5) is 10.1. The lowest BCUT2D eigenvalue weighted by molar-refractivity contribution is -0.00256. The summed E-state index contributed by atoms with van der Waals surface area (Å²) in [5.74, 6) is 1.94. The standard InChI is InChI=1S/C23H45N5O/c1-4-24-22(25-19-23(27(2)3)12-16-29-17-13-23)26-21-10-14-28(15-11-21)18-20-8-6-5-7-9-20/h20-21H,4-19H2,1-3H3,(H2,24,25,26). The third-order valence-corrected chi connectivity index (χ3v) is 7.42. The average molecular weight is 408 g/mol. The van der Waals surface area contributed by atoms with E-state index in [1.54, 1.807) is 0 Å². The van der Waals surface area contributed by atoms with Crippen LogP contribution in [0, 0.1) is 5.92 Å². The lowest BCUT2D eigenvalue weighted by atomic mass is 9.88. The highest BCUT2D eigenvalue weighted by Crippen LogP contribution is 2.27. The SMILES string of the molecule is CCNC(=NCC1(N(C)C)CCOCC1)NC1CCN(CC2CCCCC2)CC1. The van der Waals surface area contributed by atoms with Crippen molar-refractivity contribution in [3.63, 3.8) is 0 Å². The van der Waals surface area contributed by atoms with Crippen LogP contribution in [0.5, 0.6) is 0 Å². The Balaban J connectivity index is 1.48. The van der Waals surface area contributed by atoms with Gasteiger partial charge in [0.2, 0.25) is 0 Å². The lowest BCUT2D eigenvalue weighted by Gasteiger charge is -2.42. The van der Waals surface area contributed by atoms with Crippen molar-refractivity contribution in [2.75, 3.05) is 60.0 Å². The summed E-state index contributed by atoms with van der Waals surface area (Å²) in [5, 5.41) is 7.22. The van der Waals surface area contributed by atoms with Crippen LogP contribution in [0.15, 0.2) is 4.99 Å². The van der Waals surface area contributed by atoms with Crippen LogP contribution in [0.4, 0.5) is 0 Å². The summed E-state index contributed by atoms with van der Waals surface area (Å²) in [5.41, 5.74) is 0.129. The van der Waals surface area contributed by atoms with Crippen LogP contribution in [0.2, 0.25) is 0 Å². The number of nitrogens with one attached hydrogen (secondary N) is 2. The van der Waals surface area contributed by atoms with Crippen molar-refractivity contribution in [1.29, 1.82) is 0 Å². The highest BCUT2D eigenvalue weighted by molar-refractivity contribution is 5.80. The Morgan fingerprint density at radius 2 is 1.76 bits per heavy atom. The van der Waals surface area contributed by atoms with E-state index in [0.717, 1.165) is 51.0 Å². The van der Waals surface area contributed by atoms with Crippen LogP contribution in [0.3, 0.4) is 0 Å². The van der Waals surface area contributed by atoms with Gasteiger partial charge in [0.05, 0.1) is 6.54 Å². The minimum absolute atomic E-state index is 0.129. The molecule has 0 atom stereocenters. The van der Waals surface area contributed by atoms with Crippen molar-refractivity contribution in [3.05, 3.63) is 0 Å². The van der Waals surface area contributed by atoms with Gasteiger partial charge in [-0.1, -0.05) is 19.3 Å². The van der Waals surface area contributed by atoms with Gasteiger partial charge in [0.15, 0.2) is 5.96 Å². The summed E-state index contributed by atoms with van der Waals surface area (Å²) in [6.45, 7) is 9.37. The molecule has 168 valence electrons. The molecule has 2 N–H and O–H groups in total. The van der Waals surface area contributed by atoms with Crippen molar-refractivity contribution in [2.24, 2.45) is 10.9 Å². The van der Waals surface area contributed by atoms with E-state index in [0.29, 0.717) is 6.04 Å². The Hall–Kier alpha value is -0.850. The summed E-state index contributed by atoms with van der Waals surface area (Å²) in [7, 11) is 4.37. The van der Waals surface area contributed by atoms with E-state index >= 15 is 0 Å². The highest BCUT2D eigenvalue weighted by Gasteiger charge is 2.34. The molecule has 0 spiro atoms. The smallest absolute Gasteiger partial charge is 0.191 e. The molecule has 0 amide bonds. The molecule has 2 aliphatic heterocycles. The second-order valence-electron chi connectivity index (χ2n) is 9.65. The molecule has 0 unspecified atom stereocenters. The first-order valence-corrected chi connectivity index (χ1v) is 12.1. The molecule has 0 aromatic heterocycles. The van der Waals surface area contributed by atoms with E-state index in [4.69, 9.17) is 9.73 Å². The molecule has 0 radical (unpaired) electrons. The summed E-state index contributed by atoms with van der Waals surface area (Å²) in [6.07, 6.45) is 11.8. The van der Waals surface area contributed by atoms with E-state index < -0.39 is 0 Å². The molecule has 3 aliphatic rings. The average Bonchev–Trinajstić information content (AvgIpc) is 2.75. The fraction of sp³-hybridized carbons (Fsp3) is 0.957. The maximum Gasteiger partial charge on any atom is 0.191 e. The van der Waals surface area contributed by atoms with E-state index in [1.807, 2.05) is 0 Å². The first-order valence-electron chi connectivity index (χ1n) is 12.1. The van der Waals surface area contributed by atoms with Gasteiger partial charge < -0.3 is 25.2 Å². The normalized spacial score (nSPS) is 25.3. The third kappa shape index (κ3) is 6.83. The summed E-state index contributed by atoms with van der Waals surface area (Å²) >= 11 is 0. The number of rotatable bonds is 7. The van der Waals surface area contributed by atoms with Crippen LogP contribution in [0.1, 0.15) is 64.7 Å². The van der Waals surface area contributed by atoms with Crippen molar-refractivity contribution in [1.82, 2.24) is 20.4 Å².